The summed E-state index contributed by atoms with van der Waals surface area (Å²) >= 11 is 0. The first-order valence-corrected chi connectivity index (χ1v) is 10.8. The van der Waals surface area contributed by atoms with E-state index >= 15 is 0 Å². The molecule has 0 saturated heterocycles. The SMILES string of the molecule is Nc1ncc(COC2CCC(N)(C(O)CC3c4ccccc4-c4cncn43)CC2)cn1. The Balaban J connectivity index is 1.20. The fourth-order valence-corrected chi connectivity index (χ4v) is 4.90. The molecule has 2 atom stereocenters. The summed E-state index contributed by atoms with van der Waals surface area (Å²) in [6.45, 7) is 0.452. The molecule has 8 nitrogen and oxygen atoms in total. The maximum absolute atomic E-state index is 11.2. The van der Waals surface area contributed by atoms with Crippen LogP contribution in [0.3, 0.4) is 0 Å². The van der Waals surface area contributed by atoms with Crippen molar-refractivity contribution in [3.63, 3.8) is 0 Å². The summed E-state index contributed by atoms with van der Waals surface area (Å²) in [5.74, 6) is 0.260. The number of nitrogens with two attached hydrogens (primary N) is 2. The van der Waals surface area contributed by atoms with Gasteiger partial charge < -0.3 is 25.9 Å². The highest BCUT2D eigenvalue weighted by molar-refractivity contribution is 5.68. The molecular formula is C23H28N6O2. The second-order valence-electron chi connectivity index (χ2n) is 8.73. The molecule has 0 radical (unpaired) electrons. The highest BCUT2D eigenvalue weighted by Gasteiger charge is 2.41. The lowest BCUT2D eigenvalue weighted by Gasteiger charge is -2.41. The van der Waals surface area contributed by atoms with Crippen molar-refractivity contribution in [3.8, 4) is 11.3 Å². The summed E-state index contributed by atoms with van der Waals surface area (Å²) in [5, 5.41) is 11.2. The zero-order chi connectivity index (χ0) is 21.4. The molecule has 8 heteroatoms. The predicted molar refractivity (Wildman–Crippen MR) is 117 cm³/mol. The number of rotatable bonds is 6. The van der Waals surface area contributed by atoms with E-state index in [-0.39, 0.29) is 18.1 Å². The van der Waals surface area contributed by atoms with Gasteiger partial charge in [0.25, 0.3) is 0 Å². The molecule has 1 fully saturated rings. The molecule has 1 aliphatic heterocycles. The van der Waals surface area contributed by atoms with Crippen molar-refractivity contribution in [2.45, 2.75) is 62.5 Å². The molecule has 2 aromatic heterocycles. The number of nitrogen functional groups attached to an aromatic ring is 1. The van der Waals surface area contributed by atoms with E-state index in [1.807, 2.05) is 24.7 Å². The second kappa shape index (κ2) is 8.03. The Bertz CT molecular complexity index is 1040. The van der Waals surface area contributed by atoms with Crippen molar-refractivity contribution in [3.05, 3.63) is 60.3 Å². The largest absolute Gasteiger partial charge is 0.391 e. The Labute approximate surface area is 181 Å². The third-order valence-electron chi connectivity index (χ3n) is 6.78. The van der Waals surface area contributed by atoms with Crippen LogP contribution in [0, 0.1) is 0 Å². The van der Waals surface area contributed by atoms with E-state index in [4.69, 9.17) is 16.2 Å². The molecule has 3 aromatic rings. The van der Waals surface area contributed by atoms with Gasteiger partial charge in [0, 0.05) is 35.5 Å². The van der Waals surface area contributed by atoms with Gasteiger partial charge in [-0.1, -0.05) is 24.3 Å². The summed E-state index contributed by atoms with van der Waals surface area (Å²) in [4.78, 5) is 12.3. The van der Waals surface area contributed by atoms with Crippen LogP contribution in [0.15, 0.2) is 49.2 Å². The number of aliphatic hydroxyl groups excluding tert-OH is 1. The van der Waals surface area contributed by atoms with Gasteiger partial charge in [-0.15, -0.1) is 0 Å². The summed E-state index contributed by atoms with van der Waals surface area (Å²) < 4.78 is 8.18. The van der Waals surface area contributed by atoms with Crippen LogP contribution in [0.5, 0.6) is 0 Å². The van der Waals surface area contributed by atoms with E-state index in [0.29, 0.717) is 13.0 Å². The third kappa shape index (κ3) is 3.82. The fraction of sp³-hybridized carbons (Fsp3) is 0.435. The lowest BCUT2D eigenvalue weighted by molar-refractivity contribution is -0.0268. The van der Waals surface area contributed by atoms with Crippen molar-refractivity contribution in [2.75, 3.05) is 5.73 Å². The standard InChI is InChI=1S/C23H28N6O2/c24-22-27-10-15(11-28-22)13-31-16-5-7-23(25,8-6-16)21(30)9-19-17-3-1-2-4-18(17)20-12-26-14-29(19)20/h1-4,10-12,14,16,19,21,30H,5-9,13,25H2,(H2,24,27,28). The van der Waals surface area contributed by atoms with Crippen LogP contribution in [0.4, 0.5) is 5.95 Å². The average molecular weight is 421 g/mol. The average Bonchev–Trinajstić information content (AvgIpc) is 3.37. The molecule has 0 spiro atoms. The van der Waals surface area contributed by atoms with Gasteiger partial charge >= 0.3 is 0 Å². The Hall–Kier alpha value is -2.81. The molecular weight excluding hydrogens is 392 g/mol. The number of aliphatic hydroxyl groups is 1. The molecule has 2 aliphatic rings. The number of ether oxygens (including phenoxy) is 1. The van der Waals surface area contributed by atoms with Crippen LogP contribution in [-0.4, -0.2) is 42.4 Å². The Morgan fingerprint density at radius 2 is 1.90 bits per heavy atom. The Kier molecular flexibility index (Phi) is 5.21. The first kappa shape index (κ1) is 20.1. The van der Waals surface area contributed by atoms with Crippen molar-refractivity contribution < 1.29 is 9.84 Å². The van der Waals surface area contributed by atoms with Gasteiger partial charge in [0.1, 0.15) is 0 Å². The van der Waals surface area contributed by atoms with Crippen molar-refractivity contribution in [2.24, 2.45) is 5.73 Å². The van der Waals surface area contributed by atoms with Crippen molar-refractivity contribution in [1.82, 2.24) is 19.5 Å². The van der Waals surface area contributed by atoms with Crippen molar-refractivity contribution >= 4 is 5.95 Å². The monoisotopic (exact) mass is 420 g/mol. The van der Waals surface area contributed by atoms with Crippen LogP contribution in [-0.2, 0) is 11.3 Å². The summed E-state index contributed by atoms with van der Waals surface area (Å²) in [6.07, 6.45) is 10.3. The van der Waals surface area contributed by atoms with Gasteiger partial charge in [-0.05, 0) is 31.2 Å². The first-order valence-electron chi connectivity index (χ1n) is 10.8. The first-order chi connectivity index (χ1) is 15.0. The fourth-order valence-electron chi connectivity index (χ4n) is 4.90. The highest BCUT2D eigenvalue weighted by Crippen LogP contribution is 2.43. The normalized spacial score (nSPS) is 25.7. The number of nitrogens with zero attached hydrogens (tertiary/aromatic N) is 4. The van der Waals surface area contributed by atoms with E-state index in [1.165, 1.54) is 11.1 Å². The van der Waals surface area contributed by atoms with Crippen LogP contribution in [0.1, 0.15) is 49.3 Å². The topological polar surface area (TPSA) is 125 Å². The van der Waals surface area contributed by atoms with Gasteiger partial charge in [-0.3, -0.25) is 0 Å². The molecule has 1 aliphatic carbocycles. The number of aromatic nitrogens is 4. The smallest absolute Gasteiger partial charge is 0.219 e. The molecule has 5 rings (SSSR count). The van der Waals surface area contributed by atoms with E-state index in [1.54, 1.807) is 12.4 Å². The van der Waals surface area contributed by atoms with E-state index in [9.17, 15) is 5.11 Å². The molecule has 1 saturated carbocycles. The Morgan fingerprint density at radius 1 is 1.16 bits per heavy atom. The predicted octanol–water partition coefficient (Wildman–Crippen LogP) is 2.43. The molecule has 31 heavy (non-hydrogen) atoms. The molecule has 0 bridgehead atoms. The minimum absolute atomic E-state index is 0.0589. The highest BCUT2D eigenvalue weighted by atomic mass is 16.5. The third-order valence-corrected chi connectivity index (χ3v) is 6.78. The number of hydrogen-bond acceptors (Lipinski definition) is 7. The van der Waals surface area contributed by atoms with Gasteiger partial charge in [0.05, 0.1) is 43.1 Å². The molecule has 2 unspecified atom stereocenters. The molecule has 5 N–H and O–H groups in total. The van der Waals surface area contributed by atoms with E-state index < -0.39 is 11.6 Å². The number of benzene rings is 1. The maximum atomic E-state index is 11.2. The lowest BCUT2D eigenvalue weighted by atomic mass is 9.75. The van der Waals surface area contributed by atoms with Crippen LogP contribution in [0.25, 0.3) is 11.3 Å². The number of hydrogen-bond donors (Lipinski definition) is 3. The van der Waals surface area contributed by atoms with Crippen molar-refractivity contribution in [1.29, 1.82) is 0 Å². The van der Waals surface area contributed by atoms with Gasteiger partial charge in [0.15, 0.2) is 0 Å². The zero-order valence-electron chi connectivity index (χ0n) is 17.4. The maximum Gasteiger partial charge on any atom is 0.219 e. The van der Waals surface area contributed by atoms with Gasteiger partial charge in [-0.2, -0.15) is 0 Å². The van der Waals surface area contributed by atoms with Crippen LogP contribution in [0.2, 0.25) is 0 Å². The molecule has 0 amide bonds. The van der Waals surface area contributed by atoms with Crippen LogP contribution < -0.4 is 11.5 Å². The zero-order valence-corrected chi connectivity index (χ0v) is 17.4. The van der Waals surface area contributed by atoms with Gasteiger partial charge in [0.2, 0.25) is 5.95 Å². The summed E-state index contributed by atoms with van der Waals surface area (Å²) in [5.41, 5.74) is 16.0. The number of fused-ring (bicyclic) bond motifs is 3. The molecule has 3 heterocycles. The molecule has 162 valence electrons. The summed E-state index contributed by atoms with van der Waals surface area (Å²) in [6, 6.07) is 8.39. The van der Waals surface area contributed by atoms with E-state index in [0.717, 1.165) is 36.9 Å². The quantitative estimate of drug-likeness (QED) is 0.559. The second-order valence-corrected chi connectivity index (χ2v) is 8.73. The number of anilines is 1. The Morgan fingerprint density at radius 3 is 2.68 bits per heavy atom. The molecule has 1 aromatic carbocycles. The van der Waals surface area contributed by atoms with Crippen LogP contribution >= 0.6 is 0 Å². The number of imidazole rings is 1. The lowest BCUT2D eigenvalue weighted by Crippen LogP contribution is -2.54. The van der Waals surface area contributed by atoms with Gasteiger partial charge in [-0.25, -0.2) is 15.0 Å². The summed E-state index contributed by atoms with van der Waals surface area (Å²) in [7, 11) is 0. The van der Waals surface area contributed by atoms with E-state index in [2.05, 4.69) is 31.7 Å². The minimum Gasteiger partial charge on any atom is -0.391 e. The minimum atomic E-state index is -0.609.